The van der Waals surface area contributed by atoms with Crippen molar-refractivity contribution in [3.05, 3.63) is 0 Å². The van der Waals surface area contributed by atoms with Crippen LogP contribution in [0.4, 0.5) is 0 Å². The summed E-state index contributed by atoms with van der Waals surface area (Å²) in [6.45, 7) is 5.94. The molecule has 0 bridgehead atoms. The van der Waals surface area contributed by atoms with Crippen LogP contribution in [0.5, 0.6) is 0 Å². The lowest BCUT2D eigenvalue weighted by molar-refractivity contribution is 0.162. The molecule has 3 unspecified atom stereocenters. The summed E-state index contributed by atoms with van der Waals surface area (Å²) in [7, 11) is 0. The third-order valence-electron chi connectivity index (χ3n) is 4.79. The maximum Gasteiger partial charge on any atom is 0.0585 e. The highest BCUT2D eigenvalue weighted by Crippen LogP contribution is 2.36. The Morgan fingerprint density at radius 1 is 1.28 bits per heavy atom. The summed E-state index contributed by atoms with van der Waals surface area (Å²) in [5, 5.41) is 12.8. The maximum absolute atomic E-state index is 9.38. The summed E-state index contributed by atoms with van der Waals surface area (Å²) in [4.78, 5) is 2.69. The number of hydrogen-bond donors (Lipinski definition) is 2. The molecule has 18 heavy (non-hydrogen) atoms. The van der Waals surface area contributed by atoms with E-state index in [1.165, 1.54) is 45.2 Å². The van der Waals surface area contributed by atoms with E-state index in [1.54, 1.807) is 0 Å². The van der Waals surface area contributed by atoms with E-state index in [0.717, 1.165) is 31.3 Å². The Morgan fingerprint density at radius 3 is 2.89 bits per heavy atom. The summed E-state index contributed by atoms with van der Waals surface area (Å²) in [5.41, 5.74) is 0. The van der Waals surface area contributed by atoms with Crippen molar-refractivity contribution >= 4 is 0 Å². The average Bonchev–Trinajstić information content (AvgIpc) is 2.82. The van der Waals surface area contributed by atoms with Crippen LogP contribution in [0.15, 0.2) is 0 Å². The number of nitrogens with zero attached hydrogens (tertiary/aromatic N) is 1. The molecule has 0 amide bonds. The Labute approximate surface area is 112 Å². The van der Waals surface area contributed by atoms with Crippen LogP contribution < -0.4 is 5.32 Å². The molecule has 2 fully saturated rings. The van der Waals surface area contributed by atoms with Crippen molar-refractivity contribution in [3.8, 4) is 0 Å². The topological polar surface area (TPSA) is 35.5 Å². The van der Waals surface area contributed by atoms with E-state index in [4.69, 9.17) is 0 Å². The van der Waals surface area contributed by atoms with Crippen molar-refractivity contribution in [1.82, 2.24) is 10.2 Å². The van der Waals surface area contributed by atoms with Gasteiger partial charge in [-0.2, -0.15) is 0 Å². The summed E-state index contributed by atoms with van der Waals surface area (Å²) >= 11 is 0. The van der Waals surface area contributed by atoms with Gasteiger partial charge in [0.05, 0.1) is 6.61 Å². The van der Waals surface area contributed by atoms with Gasteiger partial charge in [0, 0.05) is 18.6 Å². The van der Waals surface area contributed by atoms with E-state index in [2.05, 4.69) is 17.1 Å². The Bertz CT molecular complexity index is 235. The van der Waals surface area contributed by atoms with Gasteiger partial charge in [0.15, 0.2) is 0 Å². The monoisotopic (exact) mass is 254 g/mol. The molecular weight excluding hydrogens is 224 g/mol. The molecule has 1 saturated heterocycles. The first-order valence-corrected chi connectivity index (χ1v) is 7.93. The number of rotatable bonds is 7. The van der Waals surface area contributed by atoms with Gasteiger partial charge in [-0.3, -0.25) is 0 Å². The third kappa shape index (κ3) is 3.69. The number of hydrogen-bond acceptors (Lipinski definition) is 3. The SMILES string of the molecule is CCCNC(CO)CCN1CCC2CCCCC21. The van der Waals surface area contributed by atoms with Gasteiger partial charge in [-0.25, -0.2) is 0 Å². The van der Waals surface area contributed by atoms with E-state index in [0.29, 0.717) is 6.04 Å². The van der Waals surface area contributed by atoms with Gasteiger partial charge in [0.1, 0.15) is 0 Å². The molecule has 2 aliphatic rings. The van der Waals surface area contributed by atoms with E-state index < -0.39 is 0 Å². The second-order valence-corrected chi connectivity index (χ2v) is 6.06. The van der Waals surface area contributed by atoms with Gasteiger partial charge in [0.25, 0.3) is 0 Å². The van der Waals surface area contributed by atoms with Crippen LogP contribution in [0, 0.1) is 5.92 Å². The zero-order valence-corrected chi connectivity index (χ0v) is 11.9. The van der Waals surface area contributed by atoms with Gasteiger partial charge < -0.3 is 15.3 Å². The molecule has 106 valence electrons. The molecule has 2 rings (SSSR count). The average molecular weight is 254 g/mol. The van der Waals surface area contributed by atoms with Crippen molar-refractivity contribution in [2.75, 3.05) is 26.2 Å². The fourth-order valence-electron chi connectivity index (χ4n) is 3.71. The van der Waals surface area contributed by atoms with Crippen LogP contribution in [-0.2, 0) is 0 Å². The molecule has 0 aromatic heterocycles. The molecule has 1 aliphatic carbocycles. The first kappa shape index (κ1) is 14.3. The van der Waals surface area contributed by atoms with E-state index in [-0.39, 0.29) is 6.61 Å². The molecule has 3 atom stereocenters. The van der Waals surface area contributed by atoms with Gasteiger partial charge >= 0.3 is 0 Å². The van der Waals surface area contributed by atoms with Crippen LogP contribution in [0.25, 0.3) is 0 Å². The third-order valence-corrected chi connectivity index (χ3v) is 4.79. The van der Waals surface area contributed by atoms with Crippen LogP contribution in [0.1, 0.15) is 51.9 Å². The zero-order valence-electron chi connectivity index (χ0n) is 11.9. The maximum atomic E-state index is 9.38. The van der Waals surface area contributed by atoms with Crippen molar-refractivity contribution in [1.29, 1.82) is 0 Å². The number of aliphatic hydroxyl groups excluding tert-OH is 1. The highest BCUT2D eigenvalue weighted by atomic mass is 16.3. The fraction of sp³-hybridized carbons (Fsp3) is 1.00. The quantitative estimate of drug-likeness (QED) is 0.729. The smallest absolute Gasteiger partial charge is 0.0585 e. The molecule has 0 radical (unpaired) electrons. The Kier molecular flexibility index (Phi) is 5.93. The van der Waals surface area contributed by atoms with Gasteiger partial charge in [-0.05, 0) is 51.1 Å². The number of likely N-dealkylation sites (tertiary alicyclic amines) is 1. The molecule has 1 heterocycles. The standard InChI is InChI=1S/C15H30N2O/c1-2-9-16-14(12-18)8-11-17-10-7-13-5-3-4-6-15(13)17/h13-16,18H,2-12H2,1H3. The predicted octanol–water partition coefficient (Wildman–Crippen LogP) is 2.00. The normalized spacial score (nSPS) is 30.3. The van der Waals surface area contributed by atoms with Crippen molar-refractivity contribution in [3.63, 3.8) is 0 Å². The molecule has 0 aromatic carbocycles. The fourth-order valence-corrected chi connectivity index (χ4v) is 3.71. The molecule has 2 N–H and O–H groups in total. The number of fused-ring (bicyclic) bond motifs is 1. The summed E-state index contributed by atoms with van der Waals surface area (Å²) < 4.78 is 0. The van der Waals surface area contributed by atoms with Crippen molar-refractivity contribution in [2.24, 2.45) is 5.92 Å². The minimum atomic E-state index is 0.280. The molecule has 1 aliphatic heterocycles. The zero-order chi connectivity index (χ0) is 12.8. The molecule has 1 saturated carbocycles. The van der Waals surface area contributed by atoms with Gasteiger partial charge in [-0.15, -0.1) is 0 Å². The first-order valence-electron chi connectivity index (χ1n) is 7.93. The second-order valence-electron chi connectivity index (χ2n) is 6.06. The van der Waals surface area contributed by atoms with Gasteiger partial charge in [0.2, 0.25) is 0 Å². The van der Waals surface area contributed by atoms with Crippen LogP contribution in [0.2, 0.25) is 0 Å². The van der Waals surface area contributed by atoms with Gasteiger partial charge in [-0.1, -0.05) is 19.8 Å². The summed E-state index contributed by atoms with van der Waals surface area (Å²) in [5.74, 6) is 0.981. The highest BCUT2D eigenvalue weighted by molar-refractivity contribution is 4.90. The summed E-state index contributed by atoms with van der Waals surface area (Å²) in [6, 6.07) is 1.16. The lowest BCUT2D eigenvalue weighted by Crippen LogP contribution is -2.40. The van der Waals surface area contributed by atoms with Crippen LogP contribution in [0.3, 0.4) is 0 Å². The van der Waals surface area contributed by atoms with Crippen molar-refractivity contribution < 1.29 is 5.11 Å². The molecule has 0 aromatic rings. The van der Waals surface area contributed by atoms with Crippen molar-refractivity contribution in [2.45, 2.75) is 64.0 Å². The van der Waals surface area contributed by atoms with E-state index in [1.807, 2.05) is 0 Å². The predicted molar refractivity (Wildman–Crippen MR) is 75.7 cm³/mol. The molecule has 3 heteroatoms. The largest absolute Gasteiger partial charge is 0.395 e. The lowest BCUT2D eigenvalue weighted by atomic mass is 9.85. The minimum Gasteiger partial charge on any atom is -0.395 e. The van der Waals surface area contributed by atoms with E-state index in [9.17, 15) is 5.11 Å². The highest BCUT2D eigenvalue weighted by Gasteiger charge is 2.35. The van der Waals surface area contributed by atoms with Crippen LogP contribution >= 0.6 is 0 Å². The number of nitrogens with one attached hydrogen (secondary N) is 1. The Morgan fingerprint density at radius 2 is 2.11 bits per heavy atom. The Balaban J connectivity index is 1.72. The molecule has 3 nitrogen and oxygen atoms in total. The lowest BCUT2D eigenvalue weighted by Gasteiger charge is -2.32. The second kappa shape index (κ2) is 7.46. The Hall–Kier alpha value is -0.120. The van der Waals surface area contributed by atoms with Crippen LogP contribution in [-0.4, -0.2) is 48.3 Å². The number of aliphatic hydroxyl groups is 1. The minimum absolute atomic E-state index is 0.280. The van der Waals surface area contributed by atoms with E-state index >= 15 is 0 Å². The first-order chi connectivity index (χ1) is 8.85. The molecular formula is C15H30N2O. The summed E-state index contributed by atoms with van der Waals surface area (Å²) in [6.07, 6.45) is 9.40. The molecule has 0 spiro atoms.